The van der Waals surface area contributed by atoms with Crippen LogP contribution in [0.25, 0.3) is 10.6 Å². The molecule has 0 radical (unpaired) electrons. The molecule has 2 N–H and O–H groups in total. The van der Waals surface area contributed by atoms with Crippen molar-refractivity contribution in [2.24, 2.45) is 4.99 Å². The Morgan fingerprint density at radius 3 is 2.70 bits per heavy atom. The van der Waals surface area contributed by atoms with E-state index in [0.717, 1.165) is 41.7 Å². The van der Waals surface area contributed by atoms with Crippen LogP contribution in [0.3, 0.4) is 0 Å². The van der Waals surface area contributed by atoms with Gasteiger partial charge in [-0.05, 0) is 13.3 Å². The van der Waals surface area contributed by atoms with Gasteiger partial charge < -0.3 is 20.1 Å². The van der Waals surface area contributed by atoms with Crippen LogP contribution in [0.2, 0.25) is 0 Å². The van der Waals surface area contributed by atoms with Crippen LogP contribution in [0.15, 0.2) is 40.7 Å². The minimum absolute atomic E-state index is 0. The first kappa shape index (κ1) is 23.8. The first-order chi connectivity index (χ1) is 12.8. The molecule has 0 spiro atoms. The summed E-state index contributed by atoms with van der Waals surface area (Å²) in [7, 11) is 1.68. The summed E-state index contributed by atoms with van der Waals surface area (Å²) >= 11 is 1.65. The quantitative estimate of drug-likeness (QED) is 0.212. The normalized spacial score (nSPS) is 11.1. The summed E-state index contributed by atoms with van der Waals surface area (Å²) < 4.78 is 10.4. The summed E-state index contributed by atoms with van der Waals surface area (Å²) in [6.45, 7) is 6.23. The number of aliphatic imine (C=N–C) groups is 1. The third-order valence-corrected chi connectivity index (χ3v) is 4.45. The van der Waals surface area contributed by atoms with E-state index in [2.05, 4.69) is 45.0 Å². The van der Waals surface area contributed by atoms with Crippen LogP contribution in [0.5, 0.6) is 0 Å². The first-order valence-electron chi connectivity index (χ1n) is 8.92. The van der Waals surface area contributed by atoms with Gasteiger partial charge in [0, 0.05) is 37.7 Å². The number of hydrogen-bond acceptors (Lipinski definition) is 5. The molecule has 0 amide bonds. The molecule has 0 fully saturated rings. The van der Waals surface area contributed by atoms with Crippen molar-refractivity contribution in [1.29, 1.82) is 0 Å². The maximum Gasteiger partial charge on any atom is 0.191 e. The van der Waals surface area contributed by atoms with Crippen molar-refractivity contribution in [3.63, 3.8) is 0 Å². The van der Waals surface area contributed by atoms with E-state index in [1.807, 2.05) is 18.2 Å². The van der Waals surface area contributed by atoms with Crippen LogP contribution < -0.4 is 10.6 Å². The van der Waals surface area contributed by atoms with Crippen LogP contribution >= 0.6 is 35.3 Å². The number of methoxy groups -OCH3 is 1. The fourth-order valence-electron chi connectivity index (χ4n) is 2.22. The highest BCUT2D eigenvalue weighted by molar-refractivity contribution is 14.0. The van der Waals surface area contributed by atoms with Gasteiger partial charge in [0.05, 0.1) is 25.5 Å². The van der Waals surface area contributed by atoms with Gasteiger partial charge >= 0.3 is 0 Å². The number of rotatable bonds is 11. The third-order valence-electron chi connectivity index (χ3n) is 3.51. The molecule has 0 saturated heterocycles. The summed E-state index contributed by atoms with van der Waals surface area (Å²) in [4.78, 5) is 9.29. The minimum atomic E-state index is 0. The largest absolute Gasteiger partial charge is 0.382 e. The number of benzene rings is 1. The lowest BCUT2D eigenvalue weighted by Gasteiger charge is -2.11. The van der Waals surface area contributed by atoms with Crippen LogP contribution in [-0.2, 0) is 16.0 Å². The Kier molecular flexibility index (Phi) is 13.0. The van der Waals surface area contributed by atoms with E-state index >= 15 is 0 Å². The molecule has 1 aromatic carbocycles. The zero-order valence-electron chi connectivity index (χ0n) is 15.9. The second kappa shape index (κ2) is 14.8. The second-order valence-electron chi connectivity index (χ2n) is 5.59. The van der Waals surface area contributed by atoms with Gasteiger partial charge in [-0.3, -0.25) is 0 Å². The minimum Gasteiger partial charge on any atom is -0.382 e. The molecule has 0 unspecified atom stereocenters. The fraction of sp³-hybridized carbons (Fsp3) is 0.474. The molecule has 0 aliphatic carbocycles. The number of guanidine groups is 1. The van der Waals surface area contributed by atoms with Gasteiger partial charge in [0.1, 0.15) is 5.01 Å². The van der Waals surface area contributed by atoms with E-state index in [1.54, 1.807) is 18.4 Å². The summed E-state index contributed by atoms with van der Waals surface area (Å²) in [5.74, 6) is 0.804. The molecule has 0 aliphatic heterocycles. The van der Waals surface area contributed by atoms with E-state index in [9.17, 15) is 0 Å². The summed E-state index contributed by atoms with van der Waals surface area (Å²) in [5.41, 5.74) is 2.13. The van der Waals surface area contributed by atoms with E-state index in [4.69, 9.17) is 9.47 Å². The van der Waals surface area contributed by atoms with Gasteiger partial charge in [0.25, 0.3) is 0 Å². The molecular formula is C19H29IN4O2S. The van der Waals surface area contributed by atoms with Crippen LogP contribution in [0.4, 0.5) is 0 Å². The van der Waals surface area contributed by atoms with Crippen molar-refractivity contribution >= 4 is 41.3 Å². The molecule has 8 heteroatoms. The van der Waals surface area contributed by atoms with E-state index in [0.29, 0.717) is 26.4 Å². The Morgan fingerprint density at radius 1 is 1.15 bits per heavy atom. The van der Waals surface area contributed by atoms with Crippen molar-refractivity contribution in [3.05, 3.63) is 41.4 Å². The molecule has 0 atom stereocenters. The number of thiazole rings is 1. The number of aromatic nitrogens is 1. The molecule has 0 saturated carbocycles. The van der Waals surface area contributed by atoms with Crippen molar-refractivity contribution in [1.82, 2.24) is 15.6 Å². The number of nitrogens with one attached hydrogen (secondary N) is 2. The van der Waals surface area contributed by atoms with Crippen LogP contribution in [0.1, 0.15) is 19.0 Å². The van der Waals surface area contributed by atoms with E-state index in [1.165, 1.54) is 0 Å². The first-order valence-corrected chi connectivity index (χ1v) is 9.80. The summed E-state index contributed by atoms with van der Waals surface area (Å²) in [6, 6.07) is 10.2. The van der Waals surface area contributed by atoms with E-state index < -0.39 is 0 Å². The SMILES string of the molecule is CCNC(=NCc1csc(-c2ccccc2)n1)NCCCOCCOC.I. The van der Waals surface area contributed by atoms with Crippen molar-refractivity contribution in [2.75, 3.05) is 40.0 Å². The van der Waals surface area contributed by atoms with Crippen molar-refractivity contribution in [3.8, 4) is 10.6 Å². The highest BCUT2D eigenvalue weighted by Gasteiger charge is 2.04. The highest BCUT2D eigenvalue weighted by Crippen LogP contribution is 2.23. The lowest BCUT2D eigenvalue weighted by molar-refractivity contribution is 0.0698. The predicted octanol–water partition coefficient (Wildman–Crippen LogP) is 3.54. The zero-order valence-corrected chi connectivity index (χ0v) is 19.1. The standard InChI is InChI=1S/C19H28N4O2S.HI/c1-3-20-19(21-10-7-11-25-13-12-24-2)22-14-17-15-26-18(23-17)16-8-5-4-6-9-16;/h4-6,8-9,15H,3,7,10-14H2,1-2H3,(H2,20,21,22);1H. The van der Waals surface area contributed by atoms with Gasteiger partial charge in [0.15, 0.2) is 5.96 Å². The van der Waals surface area contributed by atoms with E-state index in [-0.39, 0.29) is 24.0 Å². The Balaban J connectivity index is 0.00000364. The molecule has 2 rings (SSSR count). The topological polar surface area (TPSA) is 67.8 Å². The maximum absolute atomic E-state index is 5.46. The van der Waals surface area contributed by atoms with Crippen LogP contribution in [-0.4, -0.2) is 51.0 Å². The molecule has 0 bridgehead atoms. The molecule has 6 nitrogen and oxygen atoms in total. The maximum atomic E-state index is 5.46. The molecular weight excluding hydrogens is 475 g/mol. The molecule has 1 heterocycles. The average molecular weight is 504 g/mol. The summed E-state index contributed by atoms with van der Waals surface area (Å²) in [6.07, 6.45) is 0.920. The van der Waals surface area contributed by atoms with Gasteiger partial charge in [-0.2, -0.15) is 0 Å². The summed E-state index contributed by atoms with van der Waals surface area (Å²) in [5, 5.41) is 9.68. The van der Waals surface area contributed by atoms with Gasteiger partial charge in [-0.25, -0.2) is 9.98 Å². The number of halogens is 1. The third kappa shape index (κ3) is 9.50. The lowest BCUT2D eigenvalue weighted by Crippen LogP contribution is -2.38. The van der Waals surface area contributed by atoms with Gasteiger partial charge in [-0.15, -0.1) is 35.3 Å². The molecule has 150 valence electrons. The smallest absolute Gasteiger partial charge is 0.191 e. The van der Waals surface area contributed by atoms with Crippen molar-refractivity contribution < 1.29 is 9.47 Å². The molecule has 2 aromatic rings. The van der Waals surface area contributed by atoms with Gasteiger partial charge in [0.2, 0.25) is 0 Å². The molecule has 27 heavy (non-hydrogen) atoms. The van der Waals surface area contributed by atoms with Crippen molar-refractivity contribution in [2.45, 2.75) is 19.9 Å². The Labute approximate surface area is 182 Å². The second-order valence-corrected chi connectivity index (χ2v) is 6.45. The predicted molar refractivity (Wildman–Crippen MR) is 123 cm³/mol. The number of ether oxygens (including phenoxy) is 2. The highest BCUT2D eigenvalue weighted by atomic mass is 127. The zero-order chi connectivity index (χ0) is 18.5. The number of nitrogens with zero attached hydrogens (tertiary/aromatic N) is 2. The monoisotopic (exact) mass is 504 g/mol. The molecule has 0 aliphatic rings. The fourth-order valence-corrected chi connectivity index (χ4v) is 3.04. The number of hydrogen-bond donors (Lipinski definition) is 2. The average Bonchev–Trinajstić information content (AvgIpc) is 3.15. The molecule has 1 aromatic heterocycles. The van der Waals surface area contributed by atoms with Gasteiger partial charge in [-0.1, -0.05) is 30.3 Å². The lowest BCUT2D eigenvalue weighted by atomic mass is 10.2. The Hall–Kier alpha value is -1.23. The Morgan fingerprint density at radius 2 is 1.96 bits per heavy atom. The van der Waals surface area contributed by atoms with Crippen LogP contribution in [0, 0.1) is 0 Å². The Bertz CT molecular complexity index is 652.